The van der Waals surface area contributed by atoms with Crippen molar-refractivity contribution in [3.63, 3.8) is 0 Å². The summed E-state index contributed by atoms with van der Waals surface area (Å²) in [5.74, 6) is 1.07. The van der Waals surface area contributed by atoms with E-state index in [-0.39, 0.29) is 0 Å². The Balaban J connectivity index is 2.11. The lowest BCUT2D eigenvalue weighted by atomic mass is 10.2. The molecule has 1 aromatic heterocycles. The monoisotopic (exact) mass is 310 g/mol. The average molecular weight is 311 g/mol. The molecule has 0 bridgehead atoms. The molecule has 0 unspecified atom stereocenters. The largest absolute Gasteiger partial charge is 0.493 e. The Morgan fingerprint density at radius 1 is 1.56 bits per heavy atom. The number of rotatable bonds is 5. The number of nitrogens with zero attached hydrogens (tertiary/aromatic N) is 4. The van der Waals surface area contributed by atoms with Crippen molar-refractivity contribution in [1.29, 1.82) is 0 Å². The molecule has 0 saturated carbocycles. The molecule has 0 fully saturated rings. The number of tetrazole rings is 1. The predicted octanol–water partition coefficient (Wildman–Crippen LogP) is 1.81. The minimum Gasteiger partial charge on any atom is -0.493 e. The highest BCUT2D eigenvalue weighted by Crippen LogP contribution is 2.21. The van der Waals surface area contributed by atoms with Crippen molar-refractivity contribution in [2.75, 3.05) is 12.0 Å². The molecular weight excluding hydrogens is 300 g/mol. The molecule has 0 saturated heterocycles. The molecule has 1 heterocycles. The lowest BCUT2D eigenvalue weighted by molar-refractivity contribution is 0.339. The van der Waals surface area contributed by atoms with Gasteiger partial charge in [-0.15, -0.1) is 5.10 Å². The Labute approximate surface area is 112 Å². The number of aromatic amines is 1. The number of hydrazone groups is 1. The van der Waals surface area contributed by atoms with E-state index >= 15 is 0 Å². The third-order valence-electron chi connectivity index (χ3n) is 1.99. The maximum atomic E-state index is 5.49. The SMILES string of the molecule is CCOc1ccc(Br)cc1C=NNc1nn[nH]n1. The van der Waals surface area contributed by atoms with E-state index in [1.807, 2.05) is 25.1 Å². The summed E-state index contributed by atoms with van der Waals surface area (Å²) in [5.41, 5.74) is 3.49. The summed E-state index contributed by atoms with van der Waals surface area (Å²) in [6, 6.07) is 5.70. The van der Waals surface area contributed by atoms with Gasteiger partial charge in [0.25, 0.3) is 5.95 Å². The van der Waals surface area contributed by atoms with Crippen LogP contribution in [0.4, 0.5) is 5.95 Å². The van der Waals surface area contributed by atoms with Crippen LogP contribution >= 0.6 is 15.9 Å². The zero-order valence-electron chi connectivity index (χ0n) is 9.59. The second-order valence-electron chi connectivity index (χ2n) is 3.22. The van der Waals surface area contributed by atoms with Gasteiger partial charge in [-0.25, -0.2) is 5.43 Å². The van der Waals surface area contributed by atoms with Gasteiger partial charge in [0, 0.05) is 10.0 Å². The van der Waals surface area contributed by atoms with Crippen molar-refractivity contribution in [2.24, 2.45) is 5.10 Å². The number of benzene rings is 1. The topological polar surface area (TPSA) is 88.1 Å². The first kappa shape index (κ1) is 12.5. The van der Waals surface area contributed by atoms with Crippen molar-refractivity contribution >= 4 is 28.1 Å². The van der Waals surface area contributed by atoms with E-state index in [1.54, 1.807) is 6.21 Å². The molecule has 0 aliphatic heterocycles. The fraction of sp³-hybridized carbons (Fsp3) is 0.200. The van der Waals surface area contributed by atoms with Crippen LogP contribution in [0, 0.1) is 0 Å². The number of nitrogens with one attached hydrogen (secondary N) is 2. The van der Waals surface area contributed by atoms with Crippen LogP contribution in [0.1, 0.15) is 12.5 Å². The van der Waals surface area contributed by atoms with E-state index in [0.717, 1.165) is 15.8 Å². The van der Waals surface area contributed by atoms with Gasteiger partial charge in [-0.2, -0.15) is 10.3 Å². The number of H-pyrrole nitrogens is 1. The molecule has 2 rings (SSSR count). The summed E-state index contributed by atoms with van der Waals surface area (Å²) in [7, 11) is 0. The number of hydrogen-bond donors (Lipinski definition) is 2. The van der Waals surface area contributed by atoms with Gasteiger partial charge >= 0.3 is 0 Å². The third-order valence-corrected chi connectivity index (χ3v) is 2.48. The van der Waals surface area contributed by atoms with Crippen LogP contribution in [-0.2, 0) is 0 Å². The van der Waals surface area contributed by atoms with Gasteiger partial charge in [-0.1, -0.05) is 21.0 Å². The zero-order chi connectivity index (χ0) is 12.8. The van der Waals surface area contributed by atoms with Crippen LogP contribution in [0.5, 0.6) is 5.75 Å². The van der Waals surface area contributed by atoms with E-state index in [2.05, 4.69) is 47.1 Å². The van der Waals surface area contributed by atoms with Crippen LogP contribution in [0.15, 0.2) is 27.8 Å². The minimum atomic E-state index is 0.305. The summed E-state index contributed by atoms with van der Waals surface area (Å²) < 4.78 is 6.44. The first-order valence-corrected chi connectivity index (χ1v) is 6.03. The zero-order valence-corrected chi connectivity index (χ0v) is 11.2. The van der Waals surface area contributed by atoms with E-state index < -0.39 is 0 Å². The van der Waals surface area contributed by atoms with Crippen LogP contribution in [0.25, 0.3) is 0 Å². The minimum absolute atomic E-state index is 0.305. The Bertz CT molecular complexity index is 527. The van der Waals surface area contributed by atoms with Gasteiger partial charge in [0.15, 0.2) is 0 Å². The molecule has 0 aliphatic carbocycles. The lowest BCUT2D eigenvalue weighted by Gasteiger charge is -2.06. The van der Waals surface area contributed by atoms with Crippen molar-refractivity contribution in [3.05, 3.63) is 28.2 Å². The lowest BCUT2D eigenvalue weighted by Crippen LogP contribution is -1.98. The highest BCUT2D eigenvalue weighted by Gasteiger charge is 2.02. The Kier molecular flexibility index (Phi) is 4.24. The second kappa shape index (κ2) is 6.10. The van der Waals surface area contributed by atoms with Gasteiger partial charge in [-0.05, 0) is 30.3 Å². The number of halogens is 1. The average Bonchev–Trinajstić information content (AvgIpc) is 2.86. The van der Waals surface area contributed by atoms with E-state index in [1.165, 1.54) is 0 Å². The smallest absolute Gasteiger partial charge is 0.283 e. The number of aromatic nitrogens is 4. The van der Waals surface area contributed by atoms with Crippen molar-refractivity contribution < 1.29 is 4.74 Å². The first-order valence-electron chi connectivity index (χ1n) is 5.24. The molecule has 18 heavy (non-hydrogen) atoms. The molecule has 0 aliphatic rings. The Hall–Kier alpha value is -1.96. The molecule has 94 valence electrons. The Morgan fingerprint density at radius 2 is 2.44 bits per heavy atom. The second-order valence-corrected chi connectivity index (χ2v) is 4.14. The maximum absolute atomic E-state index is 5.49. The van der Waals surface area contributed by atoms with Crippen molar-refractivity contribution in [3.8, 4) is 5.75 Å². The van der Waals surface area contributed by atoms with Crippen molar-refractivity contribution in [1.82, 2.24) is 20.6 Å². The standard InChI is InChI=1S/C10H11BrN6O/c1-2-18-9-4-3-8(11)5-7(9)6-12-13-10-14-16-17-15-10/h3-6H,2H2,1H3,(H2,13,14,15,16,17). The highest BCUT2D eigenvalue weighted by molar-refractivity contribution is 9.10. The fourth-order valence-corrected chi connectivity index (χ4v) is 1.65. The van der Waals surface area contributed by atoms with E-state index in [0.29, 0.717) is 12.6 Å². The molecule has 0 radical (unpaired) electrons. The molecule has 0 amide bonds. The van der Waals surface area contributed by atoms with Crippen LogP contribution < -0.4 is 10.2 Å². The van der Waals surface area contributed by atoms with Crippen LogP contribution in [0.2, 0.25) is 0 Å². The van der Waals surface area contributed by atoms with E-state index in [4.69, 9.17) is 4.74 Å². The number of anilines is 1. The van der Waals surface area contributed by atoms with Gasteiger partial charge in [-0.3, -0.25) is 0 Å². The maximum Gasteiger partial charge on any atom is 0.283 e. The fourth-order valence-electron chi connectivity index (χ4n) is 1.28. The molecule has 2 N–H and O–H groups in total. The molecule has 1 aromatic carbocycles. The molecule has 8 heteroatoms. The molecule has 0 spiro atoms. The normalized spacial score (nSPS) is 10.8. The quantitative estimate of drug-likeness (QED) is 0.649. The molecule has 2 aromatic rings. The van der Waals surface area contributed by atoms with E-state index in [9.17, 15) is 0 Å². The summed E-state index contributed by atoms with van der Waals surface area (Å²) in [6.45, 7) is 2.53. The predicted molar refractivity (Wildman–Crippen MR) is 70.7 cm³/mol. The van der Waals surface area contributed by atoms with Crippen LogP contribution in [0.3, 0.4) is 0 Å². The Morgan fingerprint density at radius 3 is 3.17 bits per heavy atom. The summed E-state index contributed by atoms with van der Waals surface area (Å²) in [4.78, 5) is 0. The molecule has 0 atom stereocenters. The molecular formula is C10H11BrN6O. The highest BCUT2D eigenvalue weighted by atomic mass is 79.9. The first-order chi connectivity index (χ1) is 8.79. The van der Waals surface area contributed by atoms with Gasteiger partial charge in [0.2, 0.25) is 0 Å². The summed E-state index contributed by atoms with van der Waals surface area (Å²) in [6.07, 6.45) is 1.63. The summed E-state index contributed by atoms with van der Waals surface area (Å²) in [5, 5.41) is 17.2. The molecule has 7 nitrogen and oxygen atoms in total. The number of hydrogen-bond acceptors (Lipinski definition) is 6. The van der Waals surface area contributed by atoms with Gasteiger partial charge in [0.05, 0.1) is 12.8 Å². The number of ether oxygens (including phenoxy) is 1. The van der Waals surface area contributed by atoms with Gasteiger partial charge in [0.1, 0.15) is 5.75 Å². The van der Waals surface area contributed by atoms with Crippen molar-refractivity contribution in [2.45, 2.75) is 6.92 Å². The summed E-state index contributed by atoms with van der Waals surface area (Å²) >= 11 is 3.40. The van der Waals surface area contributed by atoms with Gasteiger partial charge < -0.3 is 4.74 Å². The third kappa shape index (κ3) is 3.27. The van der Waals surface area contributed by atoms with Crippen LogP contribution in [-0.4, -0.2) is 33.4 Å².